The van der Waals surface area contributed by atoms with E-state index in [-0.39, 0.29) is 28.6 Å². The van der Waals surface area contributed by atoms with Gasteiger partial charge in [0.2, 0.25) is 5.95 Å². The predicted octanol–water partition coefficient (Wildman–Crippen LogP) is 2.80. The SMILES string of the molecule is CNc1ncc2cc(C3CC3NC(=O)Nc3cc(C(C)(C)C)nn3-c3ccc(C#N)nc3)c(=O)n(C)c2n1. The lowest BCUT2D eigenvalue weighted by atomic mass is 9.92. The van der Waals surface area contributed by atoms with Crippen LogP contribution in [0.25, 0.3) is 16.7 Å². The molecule has 4 aromatic rings. The Kier molecular flexibility index (Phi) is 6.06. The Labute approximate surface area is 218 Å². The summed E-state index contributed by atoms with van der Waals surface area (Å²) >= 11 is 0. The van der Waals surface area contributed by atoms with E-state index in [0.29, 0.717) is 35.1 Å². The van der Waals surface area contributed by atoms with E-state index in [9.17, 15) is 9.59 Å². The quantitative estimate of drug-likeness (QED) is 0.369. The molecule has 194 valence electrons. The minimum absolute atomic E-state index is 0.106. The Morgan fingerprint density at radius 1 is 1.18 bits per heavy atom. The van der Waals surface area contributed by atoms with E-state index in [1.807, 2.05) is 39.0 Å². The van der Waals surface area contributed by atoms with Gasteiger partial charge in [0.15, 0.2) is 0 Å². The first kappa shape index (κ1) is 24.9. The number of hydrogen-bond donors (Lipinski definition) is 3. The molecule has 4 aromatic heterocycles. The molecule has 1 fully saturated rings. The van der Waals surface area contributed by atoms with Crippen molar-refractivity contribution in [2.75, 3.05) is 17.7 Å². The number of nitrogens with zero attached hydrogens (tertiary/aromatic N) is 7. The first-order valence-corrected chi connectivity index (χ1v) is 12.2. The lowest BCUT2D eigenvalue weighted by molar-refractivity contribution is 0.251. The van der Waals surface area contributed by atoms with Crippen LogP contribution in [0, 0.1) is 11.3 Å². The molecular formula is C26H28N10O2. The van der Waals surface area contributed by atoms with Crippen LogP contribution in [-0.4, -0.2) is 48.4 Å². The number of pyridine rings is 2. The summed E-state index contributed by atoms with van der Waals surface area (Å²) in [5.41, 5.74) is 2.45. The molecule has 5 rings (SSSR count). The Balaban J connectivity index is 1.35. The molecule has 1 aliphatic carbocycles. The number of nitriles is 1. The molecule has 1 saturated carbocycles. The van der Waals surface area contributed by atoms with Crippen LogP contribution in [0.5, 0.6) is 0 Å². The maximum Gasteiger partial charge on any atom is 0.320 e. The highest BCUT2D eigenvalue weighted by atomic mass is 16.2. The van der Waals surface area contributed by atoms with Crippen molar-refractivity contribution in [3.8, 4) is 11.8 Å². The van der Waals surface area contributed by atoms with Crippen LogP contribution < -0.4 is 21.5 Å². The fourth-order valence-electron chi connectivity index (χ4n) is 4.29. The normalized spacial score (nSPS) is 16.6. The smallest absolute Gasteiger partial charge is 0.320 e. The monoisotopic (exact) mass is 512 g/mol. The summed E-state index contributed by atoms with van der Waals surface area (Å²) < 4.78 is 3.11. The summed E-state index contributed by atoms with van der Waals surface area (Å²) in [5, 5.41) is 23.2. The van der Waals surface area contributed by atoms with Gasteiger partial charge in [-0.2, -0.15) is 15.3 Å². The summed E-state index contributed by atoms with van der Waals surface area (Å²) in [4.78, 5) is 38.8. The molecule has 2 unspecified atom stereocenters. The first-order valence-electron chi connectivity index (χ1n) is 12.2. The van der Waals surface area contributed by atoms with E-state index in [0.717, 1.165) is 11.1 Å². The molecule has 12 nitrogen and oxygen atoms in total. The van der Waals surface area contributed by atoms with Crippen LogP contribution in [0.2, 0.25) is 0 Å². The standard InChI is InChI=1S/C26H28N10O2/c1-26(2,3)20-10-21(36(34-20)16-7-6-15(11-27)29-13-16)32-25(38)31-19-9-17(19)18-8-14-12-30-24(28-4)33-22(14)35(5)23(18)37/h6-8,10,12-13,17,19H,9H2,1-5H3,(H,28,30,33)(H2,31,32,38). The fraction of sp³-hybridized carbons (Fsp3) is 0.346. The van der Waals surface area contributed by atoms with E-state index in [4.69, 9.17) is 5.26 Å². The predicted molar refractivity (Wildman–Crippen MR) is 142 cm³/mol. The van der Waals surface area contributed by atoms with Gasteiger partial charge in [0.05, 0.1) is 17.6 Å². The van der Waals surface area contributed by atoms with Gasteiger partial charge >= 0.3 is 6.03 Å². The van der Waals surface area contributed by atoms with Crippen molar-refractivity contribution in [1.29, 1.82) is 5.26 Å². The zero-order chi connectivity index (χ0) is 27.2. The minimum atomic E-state index is -0.402. The number of hydrogen-bond acceptors (Lipinski definition) is 8. The van der Waals surface area contributed by atoms with Gasteiger partial charge in [-0.15, -0.1) is 0 Å². The van der Waals surface area contributed by atoms with Gasteiger partial charge in [-0.3, -0.25) is 14.7 Å². The number of anilines is 2. The van der Waals surface area contributed by atoms with Gasteiger partial charge in [0, 0.05) is 54.7 Å². The molecule has 0 bridgehead atoms. The summed E-state index contributed by atoms with van der Waals surface area (Å²) in [6.07, 6.45) is 3.87. The van der Waals surface area contributed by atoms with E-state index in [1.165, 1.54) is 10.8 Å². The Morgan fingerprint density at radius 2 is 1.97 bits per heavy atom. The van der Waals surface area contributed by atoms with Crippen LogP contribution in [-0.2, 0) is 12.5 Å². The van der Waals surface area contributed by atoms with Crippen LogP contribution in [0.4, 0.5) is 16.6 Å². The summed E-state index contributed by atoms with van der Waals surface area (Å²) in [5.74, 6) is 0.800. The van der Waals surface area contributed by atoms with Gasteiger partial charge < -0.3 is 10.6 Å². The highest BCUT2D eigenvalue weighted by Gasteiger charge is 2.42. The first-order chi connectivity index (χ1) is 18.1. The van der Waals surface area contributed by atoms with Crippen molar-refractivity contribution in [2.24, 2.45) is 7.05 Å². The van der Waals surface area contributed by atoms with Gasteiger partial charge in [-0.1, -0.05) is 20.8 Å². The number of aryl methyl sites for hydroxylation is 1. The number of carbonyl (C=O) groups excluding carboxylic acids is 1. The second-order valence-electron chi connectivity index (χ2n) is 10.3. The van der Waals surface area contributed by atoms with Gasteiger partial charge in [-0.05, 0) is 24.6 Å². The Hall–Kier alpha value is -4.79. The van der Waals surface area contributed by atoms with Crippen molar-refractivity contribution >= 4 is 28.8 Å². The Morgan fingerprint density at radius 3 is 2.63 bits per heavy atom. The zero-order valence-corrected chi connectivity index (χ0v) is 21.8. The number of nitrogens with one attached hydrogen (secondary N) is 3. The van der Waals surface area contributed by atoms with Gasteiger partial charge in [-0.25, -0.2) is 19.4 Å². The number of urea groups is 1. The molecule has 0 aliphatic heterocycles. The third-order valence-corrected chi connectivity index (χ3v) is 6.53. The number of amides is 2. The third kappa shape index (κ3) is 4.66. The van der Waals surface area contributed by atoms with E-state index in [2.05, 4.69) is 36.0 Å². The maximum absolute atomic E-state index is 13.0. The van der Waals surface area contributed by atoms with E-state index < -0.39 is 6.03 Å². The van der Waals surface area contributed by atoms with E-state index in [1.54, 1.807) is 37.1 Å². The van der Waals surface area contributed by atoms with Crippen molar-refractivity contribution in [2.45, 2.75) is 44.6 Å². The lowest BCUT2D eigenvalue weighted by Gasteiger charge is -2.14. The molecule has 0 radical (unpaired) electrons. The topological polar surface area (TPSA) is 155 Å². The lowest BCUT2D eigenvalue weighted by Crippen LogP contribution is -2.33. The van der Waals surface area contributed by atoms with Crippen LogP contribution >= 0.6 is 0 Å². The van der Waals surface area contributed by atoms with Gasteiger partial charge in [0.25, 0.3) is 5.56 Å². The summed E-state index contributed by atoms with van der Waals surface area (Å²) in [6.45, 7) is 6.10. The highest BCUT2D eigenvalue weighted by Crippen LogP contribution is 2.40. The highest BCUT2D eigenvalue weighted by molar-refractivity contribution is 5.89. The Bertz CT molecular complexity index is 1640. The molecule has 4 heterocycles. The summed E-state index contributed by atoms with van der Waals surface area (Å²) in [6, 6.07) is 8.36. The van der Waals surface area contributed by atoms with Gasteiger partial charge in [0.1, 0.15) is 23.2 Å². The molecule has 12 heteroatoms. The third-order valence-electron chi connectivity index (χ3n) is 6.53. The van der Waals surface area contributed by atoms with Crippen LogP contribution in [0.15, 0.2) is 41.5 Å². The second-order valence-corrected chi connectivity index (χ2v) is 10.3. The molecule has 0 aromatic carbocycles. The molecule has 3 N–H and O–H groups in total. The average molecular weight is 513 g/mol. The molecule has 38 heavy (non-hydrogen) atoms. The number of rotatable bonds is 5. The molecular weight excluding hydrogens is 484 g/mol. The number of fused-ring (bicyclic) bond motifs is 1. The molecule has 2 amide bonds. The molecule has 0 spiro atoms. The van der Waals surface area contributed by atoms with Crippen LogP contribution in [0.3, 0.4) is 0 Å². The fourth-order valence-corrected chi connectivity index (χ4v) is 4.29. The maximum atomic E-state index is 13.0. The molecule has 1 aliphatic rings. The van der Waals surface area contributed by atoms with Crippen LogP contribution in [0.1, 0.15) is 50.1 Å². The van der Waals surface area contributed by atoms with E-state index >= 15 is 0 Å². The van der Waals surface area contributed by atoms with Crippen molar-refractivity contribution in [3.63, 3.8) is 0 Å². The second kappa shape index (κ2) is 9.26. The molecule has 2 atom stereocenters. The average Bonchev–Trinajstić information content (AvgIpc) is 3.51. The largest absolute Gasteiger partial charge is 0.357 e. The molecule has 0 saturated heterocycles. The zero-order valence-electron chi connectivity index (χ0n) is 21.8. The van der Waals surface area contributed by atoms with Crippen molar-refractivity contribution in [1.82, 2.24) is 34.6 Å². The number of carbonyl (C=O) groups is 1. The number of aromatic nitrogens is 6. The van der Waals surface area contributed by atoms with Crippen molar-refractivity contribution < 1.29 is 4.79 Å². The summed E-state index contributed by atoms with van der Waals surface area (Å²) in [7, 11) is 3.40. The minimum Gasteiger partial charge on any atom is -0.357 e. The van der Waals surface area contributed by atoms with Crippen molar-refractivity contribution in [3.05, 3.63) is 64.0 Å².